The third-order valence-electron chi connectivity index (χ3n) is 3.08. The first-order chi connectivity index (χ1) is 10.1. The largest absolute Gasteiger partial charge is 0.481 e. The van der Waals surface area contributed by atoms with Crippen LogP contribution in [0.15, 0.2) is 41.8 Å². The zero-order chi connectivity index (χ0) is 15.1. The number of hydrogen-bond donors (Lipinski definition) is 2. The van der Waals surface area contributed by atoms with E-state index in [9.17, 15) is 9.59 Å². The van der Waals surface area contributed by atoms with Crippen molar-refractivity contribution in [2.24, 2.45) is 0 Å². The molecule has 0 atom stereocenters. The Morgan fingerprint density at radius 3 is 2.57 bits per heavy atom. The predicted molar refractivity (Wildman–Crippen MR) is 83.7 cm³/mol. The summed E-state index contributed by atoms with van der Waals surface area (Å²) in [5, 5.41) is 13.6. The number of amides is 1. The van der Waals surface area contributed by atoms with Crippen LogP contribution in [0.3, 0.4) is 0 Å². The Hall–Kier alpha value is -2.14. The van der Waals surface area contributed by atoms with Crippen molar-refractivity contribution in [3.63, 3.8) is 0 Å². The van der Waals surface area contributed by atoms with E-state index in [-0.39, 0.29) is 12.3 Å². The normalized spacial score (nSPS) is 10.3. The van der Waals surface area contributed by atoms with Crippen molar-refractivity contribution in [2.75, 3.05) is 5.32 Å². The third-order valence-corrected chi connectivity index (χ3v) is 4.01. The number of aryl methyl sites for hydroxylation is 2. The highest BCUT2D eigenvalue weighted by Crippen LogP contribution is 2.18. The third kappa shape index (κ3) is 5.04. The van der Waals surface area contributed by atoms with Crippen LogP contribution in [0, 0.1) is 0 Å². The molecular weight excluding hydrogens is 286 g/mol. The average molecular weight is 303 g/mol. The fraction of sp³-hybridized carbons (Fsp3) is 0.250. The molecule has 1 heterocycles. The molecule has 2 N–H and O–H groups in total. The van der Waals surface area contributed by atoms with Gasteiger partial charge in [-0.15, -0.1) is 11.3 Å². The summed E-state index contributed by atoms with van der Waals surface area (Å²) in [4.78, 5) is 23.8. The summed E-state index contributed by atoms with van der Waals surface area (Å²) in [5.41, 5.74) is 1.55. The van der Waals surface area contributed by atoms with Crippen LogP contribution in [-0.4, -0.2) is 17.0 Å². The van der Waals surface area contributed by atoms with Crippen LogP contribution in [-0.2, 0) is 22.4 Å². The molecular formula is C16H17NO3S. The number of carboxylic acid groups (broad SMARTS) is 1. The minimum absolute atomic E-state index is 0.0498. The molecule has 21 heavy (non-hydrogen) atoms. The molecule has 0 spiro atoms. The SMILES string of the molecule is O=C(O)CCc1ccccc1NC(=O)CCc1cccs1. The van der Waals surface area contributed by atoms with E-state index in [1.54, 1.807) is 17.4 Å². The van der Waals surface area contributed by atoms with Gasteiger partial charge in [-0.25, -0.2) is 0 Å². The molecule has 5 heteroatoms. The molecule has 1 amide bonds. The fourth-order valence-electron chi connectivity index (χ4n) is 2.01. The highest BCUT2D eigenvalue weighted by Gasteiger charge is 2.08. The van der Waals surface area contributed by atoms with Crippen molar-refractivity contribution in [3.05, 3.63) is 52.2 Å². The second kappa shape index (κ2) is 7.59. The number of anilines is 1. The van der Waals surface area contributed by atoms with Gasteiger partial charge in [-0.3, -0.25) is 9.59 Å². The molecule has 0 aliphatic carbocycles. The van der Waals surface area contributed by atoms with Gasteiger partial charge in [0.25, 0.3) is 0 Å². The summed E-state index contributed by atoms with van der Waals surface area (Å²) >= 11 is 1.64. The van der Waals surface area contributed by atoms with E-state index in [0.29, 0.717) is 18.5 Å². The van der Waals surface area contributed by atoms with Crippen molar-refractivity contribution in [1.82, 2.24) is 0 Å². The summed E-state index contributed by atoms with van der Waals surface area (Å²) in [7, 11) is 0. The monoisotopic (exact) mass is 303 g/mol. The molecule has 0 saturated heterocycles. The van der Waals surface area contributed by atoms with Crippen LogP contribution in [0.4, 0.5) is 5.69 Å². The standard InChI is InChI=1S/C16H17NO3S/c18-15(9-8-13-5-3-11-21-13)17-14-6-2-1-4-12(14)7-10-16(19)20/h1-6,11H,7-10H2,(H,17,18)(H,19,20). The second-order valence-electron chi connectivity index (χ2n) is 4.68. The average Bonchev–Trinajstić information content (AvgIpc) is 2.97. The zero-order valence-electron chi connectivity index (χ0n) is 11.5. The summed E-state index contributed by atoms with van der Waals surface area (Å²) in [5.74, 6) is -0.889. The van der Waals surface area contributed by atoms with E-state index in [4.69, 9.17) is 5.11 Å². The van der Waals surface area contributed by atoms with Gasteiger partial charge >= 0.3 is 5.97 Å². The maximum Gasteiger partial charge on any atom is 0.303 e. The smallest absolute Gasteiger partial charge is 0.303 e. The van der Waals surface area contributed by atoms with E-state index < -0.39 is 5.97 Å². The topological polar surface area (TPSA) is 66.4 Å². The Morgan fingerprint density at radius 2 is 1.86 bits per heavy atom. The molecule has 110 valence electrons. The van der Waals surface area contributed by atoms with Gasteiger partial charge in [0, 0.05) is 23.4 Å². The summed E-state index contributed by atoms with van der Waals surface area (Å²) in [6, 6.07) is 11.3. The van der Waals surface area contributed by atoms with E-state index >= 15 is 0 Å². The number of rotatable bonds is 7. The van der Waals surface area contributed by atoms with Crippen molar-refractivity contribution in [2.45, 2.75) is 25.7 Å². The van der Waals surface area contributed by atoms with Crippen molar-refractivity contribution >= 4 is 28.9 Å². The number of para-hydroxylation sites is 1. The molecule has 2 rings (SSSR count). The Kier molecular flexibility index (Phi) is 5.51. The summed E-state index contributed by atoms with van der Waals surface area (Å²) in [6.07, 6.45) is 1.62. The van der Waals surface area contributed by atoms with Gasteiger partial charge in [-0.1, -0.05) is 24.3 Å². The van der Waals surface area contributed by atoms with Crippen LogP contribution in [0.1, 0.15) is 23.3 Å². The number of thiophene rings is 1. The maximum absolute atomic E-state index is 12.0. The van der Waals surface area contributed by atoms with Crippen LogP contribution in [0.25, 0.3) is 0 Å². The van der Waals surface area contributed by atoms with Gasteiger partial charge < -0.3 is 10.4 Å². The number of benzene rings is 1. The number of aliphatic carboxylic acids is 1. The number of carbonyl (C=O) groups excluding carboxylic acids is 1. The van der Waals surface area contributed by atoms with Gasteiger partial charge in [-0.2, -0.15) is 0 Å². The van der Waals surface area contributed by atoms with E-state index in [1.165, 1.54) is 4.88 Å². The zero-order valence-corrected chi connectivity index (χ0v) is 12.4. The fourth-order valence-corrected chi connectivity index (χ4v) is 2.72. The van der Waals surface area contributed by atoms with Gasteiger partial charge in [0.15, 0.2) is 0 Å². The first kappa shape index (κ1) is 15.3. The number of carbonyl (C=O) groups is 2. The van der Waals surface area contributed by atoms with Gasteiger partial charge in [0.05, 0.1) is 0 Å². The number of nitrogens with one attached hydrogen (secondary N) is 1. The minimum Gasteiger partial charge on any atom is -0.481 e. The first-order valence-corrected chi connectivity index (χ1v) is 7.65. The number of hydrogen-bond acceptors (Lipinski definition) is 3. The van der Waals surface area contributed by atoms with Crippen LogP contribution in [0.5, 0.6) is 0 Å². The van der Waals surface area contributed by atoms with Gasteiger partial charge in [0.1, 0.15) is 0 Å². The minimum atomic E-state index is -0.839. The Labute approximate surface area is 127 Å². The highest BCUT2D eigenvalue weighted by atomic mass is 32.1. The molecule has 2 aromatic rings. The lowest BCUT2D eigenvalue weighted by Crippen LogP contribution is -2.13. The lowest BCUT2D eigenvalue weighted by molar-refractivity contribution is -0.136. The second-order valence-corrected chi connectivity index (χ2v) is 5.71. The molecule has 0 fully saturated rings. The molecule has 0 unspecified atom stereocenters. The van der Waals surface area contributed by atoms with Crippen LogP contribution in [0.2, 0.25) is 0 Å². The van der Waals surface area contributed by atoms with Crippen molar-refractivity contribution in [3.8, 4) is 0 Å². The van der Waals surface area contributed by atoms with Gasteiger partial charge in [0.2, 0.25) is 5.91 Å². The molecule has 0 radical (unpaired) electrons. The molecule has 1 aromatic heterocycles. The van der Waals surface area contributed by atoms with Crippen LogP contribution < -0.4 is 5.32 Å². The Bertz CT molecular complexity index is 608. The van der Waals surface area contributed by atoms with Crippen molar-refractivity contribution < 1.29 is 14.7 Å². The van der Waals surface area contributed by atoms with Crippen molar-refractivity contribution in [1.29, 1.82) is 0 Å². The Balaban J connectivity index is 1.92. The molecule has 0 aliphatic heterocycles. The van der Waals surface area contributed by atoms with Gasteiger partial charge in [-0.05, 0) is 35.9 Å². The van der Waals surface area contributed by atoms with E-state index in [1.807, 2.05) is 35.7 Å². The predicted octanol–water partition coefficient (Wildman–Crippen LogP) is 3.34. The lowest BCUT2D eigenvalue weighted by Gasteiger charge is -2.10. The molecule has 0 bridgehead atoms. The summed E-state index contributed by atoms with van der Waals surface area (Å²) < 4.78 is 0. The highest BCUT2D eigenvalue weighted by molar-refractivity contribution is 7.09. The molecule has 0 saturated carbocycles. The Morgan fingerprint density at radius 1 is 1.05 bits per heavy atom. The quantitative estimate of drug-likeness (QED) is 0.824. The molecule has 0 aliphatic rings. The number of carboxylic acids is 1. The lowest BCUT2D eigenvalue weighted by atomic mass is 10.1. The van der Waals surface area contributed by atoms with E-state index in [0.717, 1.165) is 12.0 Å². The summed E-state index contributed by atoms with van der Waals surface area (Å²) in [6.45, 7) is 0. The molecule has 1 aromatic carbocycles. The molecule has 4 nitrogen and oxygen atoms in total. The van der Waals surface area contributed by atoms with Crippen LogP contribution >= 0.6 is 11.3 Å². The first-order valence-electron chi connectivity index (χ1n) is 6.77. The maximum atomic E-state index is 12.0. The van der Waals surface area contributed by atoms with E-state index in [2.05, 4.69) is 5.32 Å².